The second-order valence-electron chi connectivity index (χ2n) is 4.29. The van der Waals surface area contributed by atoms with Gasteiger partial charge in [-0.15, -0.1) is 0 Å². The molecule has 0 atom stereocenters. The molecule has 0 amide bonds. The highest BCUT2D eigenvalue weighted by Crippen LogP contribution is 2.49. The molecule has 1 aromatic carbocycles. The fraction of sp³-hybridized carbons (Fsp3) is 0.429. The van der Waals surface area contributed by atoms with Crippen LogP contribution >= 0.6 is 7.60 Å². The average Bonchev–Trinajstić information content (AvgIpc) is 2.87. The maximum absolute atomic E-state index is 12.9. The van der Waals surface area contributed by atoms with E-state index in [2.05, 4.69) is 0 Å². The Kier molecular flexibility index (Phi) is 4.81. The smallest absolute Gasteiger partial charge is 0.396 e. The highest BCUT2D eigenvalue weighted by atomic mass is 31.2. The van der Waals surface area contributed by atoms with Crippen molar-refractivity contribution in [1.29, 1.82) is 0 Å². The van der Waals surface area contributed by atoms with Crippen molar-refractivity contribution in [2.45, 2.75) is 26.7 Å². The van der Waals surface area contributed by atoms with Crippen molar-refractivity contribution in [3.8, 4) is 0 Å². The Hall–Kier alpha value is -1.09. The summed E-state index contributed by atoms with van der Waals surface area (Å²) in [5.41, 5.74) is 0.310. The van der Waals surface area contributed by atoms with Crippen molar-refractivity contribution in [3.05, 3.63) is 30.5 Å². The molecular weight excluding hydrogens is 263 g/mol. The quantitative estimate of drug-likeness (QED) is 0.717. The Morgan fingerprint density at radius 2 is 1.74 bits per heavy atom. The lowest BCUT2D eigenvalue weighted by molar-refractivity contribution is 0.210. The summed E-state index contributed by atoms with van der Waals surface area (Å²) in [7, 11) is -3.37. The average molecular weight is 282 g/mol. The Morgan fingerprint density at radius 3 is 2.37 bits per heavy atom. The number of rotatable bonds is 7. The van der Waals surface area contributed by atoms with Crippen molar-refractivity contribution >= 4 is 23.9 Å². The second-order valence-corrected chi connectivity index (χ2v) is 6.21. The van der Waals surface area contributed by atoms with Crippen molar-refractivity contribution in [1.82, 2.24) is 0 Å². The van der Waals surface area contributed by atoms with Gasteiger partial charge in [-0.05, 0) is 12.8 Å². The summed E-state index contributed by atoms with van der Waals surface area (Å²) in [5, 5.41) is 1.69. The summed E-state index contributed by atoms with van der Waals surface area (Å²) in [4.78, 5) is 0. The molecule has 0 N–H and O–H groups in total. The molecule has 2 aromatic rings. The number of fused-ring (bicyclic) bond motifs is 1. The summed E-state index contributed by atoms with van der Waals surface area (Å²) in [6.45, 7) is 4.70. The summed E-state index contributed by atoms with van der Waals surface area (Å²) >= 11 is 0. The van der Waals surface area contributed by atoms with Gasteiger partial charge in [0, 0.05) is 10.8 Å². The number of benzene rings is 1. The molecule has 4 nitrogen and oxygen atoms in total. The lowest BCUT2D eigenvalue weighted by atomic mass is 10.2. The lowest BCUT2D eigenvalue weighted by Crippen LogP contribution is -2.10. The van der Waals surface area contributed by atoms with Gasteiger partial charge in [0.25, 0.3) is 0 Å². The van der Waals surface area contributed by atoms with Gasteiger partial charge in [0.2, 0.25) is 5.50 Å². The van der Waals surface area contributed by atoms with Crippen molar-refractivity contribution < 1.29 is 18.0 Å². The first-order chi connectivity index (χ1) is 9.21. The van der Waals surface area contributed by atoms with E-state index in [0.29, 0.717) is 18.7 Å². The predicted molar refractivity (Wildman–Crippen MR) is 75.9 cm³/mol. The van der Waals surface area contributed by atoms with Crippen LogP contribution in [-0.4, -0.2) is 13.2 Å². The largest absolute Gasteiger partial charge is 0.455 e. The zero-order valence-electron chi connectivity index (χ0n) is 11.3. The Morgan fingerprint density at radius 1 is 1.11 bits per heavy atom. The van der Waals surface area contributed by atoms with E-state index in [0.717, 1.165) is 23.6 Å². The number of furan rings is 1. The highest BCUT2D eigenvalue weighted by molar-refractivity contribution is 7.62. The molecule has 0 aliphatic rings. The van der Waals surface area contributed by atoms with Crippen LogP contribution in [0.5, 0.6) is 0 Å². The number of hydrogen-bond acceptors (Lipinski definition) is 4. The minimum Gasteiger partial charge on any atom is -0.455 e. The van der Waals surface area contributed by atoms with Gasteiger partial charge in [-0.2, -0.15) is 0 Å². The molecule has 2 rings (SSSR count). The van der Waals surface area contributed by atoms with Crippen molar-refractivity contribution in [3.63, 3.8) is 0 Å². The van der Waals surface area contributed by atoms with Crippen LogP contribution in [0.2, 0.25) is 0 Å². The van der Waals surface area contributed by atoms with Gasteiger partial charge in [0.1, 0.15) is 0 Å². The summed E-state index contributed by atoms with van der Waals surface area (Å²) < 4.78 is 29.3. The molecule has 0 radical (unpaired) electrons. The third-order valence-corrected chi connectivity index (χ3v) is 4.56. The molecule has 0 aliphatic carbocycles. The van der Waals surface area contributed by atoms with E-state index in [1.807, 2.05) is 38.1 Å². The number of hydrogen-bond donors (Lipinski definition) is 0. The molecular formula is C14H19O4P. The molecule has 0 unspecified atom stereocenters. The molecule has 0 aliphatic heterocycles. The van der Waals surface area contributed by atoms with Crippen LogP contribution in [0.15, 0.2) is 34.9 Å². The molecule has 1 heterocycles. The maximum Gasteiger partial charge on any atom is 0.396 e. The van der Waals surface area contributed by atoms with Crippen LogP contribution in [0.1, 0.15) is 26.7 Å². The Balaban J connectivity index is 2.39. The minimum atomic E-state index is -3.37. The van der Waals surface area contributed by atoms with E-state index >= 15 is 0 Å². The van der Waals surface area contributed by atoms with E-state index < -0.39 is 7.60 Å². The van der Waals surface area contributed by atoms with Gasteiger partial charge in [0.05, 0.1) is 19.5 Å². The second kappa shape index (κ2) is 6.38. The van der Waals surface area contributed by atoms with Gasteiger partial charge < -0.3 is 13.5 Å². The molecule has 0 saturated heterocycles. The molecule has 19 heavy (non-hydrogen) atoms. The Bertz CT molecular complexity index is 564. The van der Waals surface area contributed by atoms with E-state index in [1.54, 1.807) is 6.26 Å². The maximum atomic E-state index is 12.9. The third-order valence-electron chi connectivity index (χ3n) is 2.67. The molecule has 5 heteroatoms. The molecule has 104 valence electrons. The first-order valence-corrected chi connectivity index (χ1v) is 8.11. The van der Waals surface area contributed by atoms with Crippen LogP contribution in [0.25, 0.3) is 10.8 Å². The fourth-order valence-corrected chi connectivity index (χ4v) is 3.60. The van der Waals surface area contributed by atoms with E-state index in [1.165, 1.54) is 0 Å². The van der Waals surface area contributed by atoms with Crippen LogP contribution in [0.4, 0.5) is 0 Å². The predicted octanol–water partition coefficient (Wildman–Crippen LogP) is 4.10. The van der Waals surface area contributed by atoms with E-state index in [9.17, 15) is 4.57 Å². The molecule has 0 saturated carbocycles. The van der Waals surface area contributed by atoms with Crippen LogP contribution in [0, 0.1) is 0 Å². The van der Waals surface area contributed by atoms with Gasteiger partial charge in [0.15, 0.2) is 0 Å². The van der Waals surface area contributed by atoms with Gasteiger partial charge >= 0.3 is 7.60 Å². The third kappa shape index (κ3) is 3.08. The van der Waals surface area contributed by atoms with Crippen LogP contribution in [-0.2, 0) is 13.6 Å². The summed E-state index contributed by atoms with van der Waals surface area (Å²) in [6.07, 6.45) is 3.14. The van der Waals surface area contributed by atoms with E-state index in [-0.39, 0.29) is 0 Å². The summed E-state index contributed by atoms with van der Waals surface area (Å²) in [5.74, 6) is 0. The van der Waals surface area contributed by atoms with Gasteiger partial charge in [-0.25, -0.2) is 0 Å². The zero-order valence-corrected chi connectivity index (χ0v) is 12.2. The Labute approximate surface area is 113 Å². The van der Waals surface area contributed by atoms with Crippen LogP contribution in [0.3, 0.4) is 0 Å². The van der Waals surface area contributed by atoms with Crippen molar-refractivity contribution in [2.75, 3.05) is 13.2 Å². The molecule has 1 aromatic heterocycles. The van der Waals surface area contributed by atoms with Gasteiger partial charge in [-0.3, -0.25) is 4.57 Å². The summed E-state index contributed by atoms with van der Waals surface area (Å²) in [6, 6.07) is 7.56. The molecule has 0 spiro atoms. The first kappa shape index (κ1) is 14.3. The molecule has 0 bridgehead atoms. The normalized spacial score (nSPS) is 12.1. The van der Waals surface area contributed by atoms with Gasteiger partial charge in [-0.1, -0.05) is 38.1 Å². The van der Waals surface area contributed by atoms with Crippen molar-refractivity contribution in [2.24, 2.45) is 0 Å². The zero-order chi connectivity index (χ0) is 13.7. The minimum absolute atomic E-state index is 0.310. The first-order valence-electron chi connectivity index (χ1n) is 6.57. The fourth-order valence-electron chi connectivity index (χ4n) is 1.77. The topological polar surface area (TPSA) is 48.7 Å². The SMILES string of the molecule is CCCOP(=O)(OCCC)c1occ2ccccc12. The standard InChI is InChI=1S/C14H19O4P/c1-3-9-17-19(15,18-10-4-2)14-13-8-6-5-7-12(13)11-16-14/h5-8,11H,3-4,9-10H2,1-2H3. The monoisotopic (exact) mass is 282 g/mol. The van der Waals surface area contributed by atoms with E-state index in [4.69, 9.17) is 13.5 Å². The highest BCUT2D eigenvalue weighted by Gasteiger charge is 2.33. The molecule has 0 fully saturated rings. The van der Waals surface area contributed by atoms with Crippen LogP contribution < -0.4 is 5.50 Å². The lowest BCUT2D eigenvalue weighted by Gasteiger charge is -2.16.